The molecule has 3 rings (SSSR count). The first-order chi connectivity index (χ1) is 9.36. The summed E-state index contributed by atoms with van der Waals surface area (Å²) in [6.45, 7) is 5.42. The van der Waals surface area contributed by atoms with Crippen LogP contribution >= 0.6 is 11.3 Å². The van der Waals surface area contributed by atoms with Gasteiger partial charge in [0.15, 0.2) is 0 Å². The Labute approximate surface area is 117 Å². The molecule has 0 saturated heterocycles. The second-order valence-corrected chi connectivity index (χ2v) is 5.62. The third kappa shape index (κ3) is 2.86. The molecule has 1 aromatic heterocycles. The maximum absolute atomic E-state index is 5.40. The van der Waals surface area contributed by atoms with Gasteiger partial charge in [-0.15, -0.1) is 11.3 Å². The van der Waals surface area contributed by atoms with Crippen molar-refractivity contribution in [1.82, 2.24) is 10.3 Å². The van der Waals surface area contributed by atoms with Gasteiger partial charge in [0, 0.05) is 24.1 Å². The van der Waals surface area contributed by atoms with Crippen molar-refractivity contribution in [1.29, 1.82) is 0 Å². The average Bonchev–Trinajstić information content (AvgIpc) is 2.93. The largest absolute Gasteiger partial charge is 0.375 e. The molecule has 0 saturated carbocycles. The van der Waals surface area contributed by atoms with Crippen molar-refractivity contribution in [2.75, 3.05) is 13.2 Å². The molecule has 0 unspecified atom stereocenters. The molecule has 0 amide bonds. The molecule has 19 heavy (non-hydrogen) atoms. The normalized spacial score (nSPS) is 14.4. The van der Waals surface area contributed by atoms with E-state index >= 15 is 0 Å². The number of hydrogen-bond donors (Lipinski definition) is 1. The van der Waals surface area contributed by atoms with Crippen LogP contribution in [0.25, 0.3) is 11.3 Å². The molecule has 0 radical (unpaired) electrons. The fourth-order valence-corrected chi connectivity index (χ4v) is 3.07. The van der Waals surface area contributed by atoms with Crippen LogP contribution < -0.4 is 5.32 Å². The minimum Gasteiger partial charge on any atom is -0.375 e. The molecule has 0 spiro atoms. The summed E-state index contributed by atoms with van der Waals surface area (Å²) in [4.78, 5) is 4.64. The summed E-state index contributed by atoms with van der Waals surface area (Å²) < 4.78 is 5.40. The van der Waals surface area contributed by atoms with Crippen molar-refractivity contribution in [2.45, 2.75) is 26.5 Å². The monoisotopic (exact) mass is 274 g/mol. The Morgan fingerprint density at radius 2 is 2.32 bits per heavy atom. The van der Waals surface area contributed by atoms with Crippen molar-refractivity contribution in [3.8, 4) is 11.3 Å². The molecule has 1 aromatic carbocycles. The van der Waals surface area contributed by atoms with E-state index in [-0.39, 0.29) is 0 Å². The second kappa shape index (κ2) is 5.82. The van der Waals surface area contributed by atoms with E-state index in [1.807, 2.05) is 6.92 Å². The van der Waals surface area contributed by atoms with Crippen LogP contribution in [0.2, 0.25) is 0 Å². The van der Waals surface area contributed by atoms with E-state index in [2.05, 4.69) is 33.9 Å². The molecule has 1 aliphatic rings. The standard InChI is InChI=1S/C15H18N2OS/c1-2-18-9-15-17-14(10-19-15)12-3-4-13-8-16-6-5-11(13)7-12/h3-4,7,10,16H,2,5-6,8-9H2,1H3. The van der Waals surface area contributed by atoms with Gasteiger partial charge in [0.1, 0.15) is 5.01 Å². The van der Waals surface area contributed by atoms with Crippen LogP contribution in [0.15, 0.2) is 23.6 Å². The van der Waals surface area contributed by atoms with E-state index < -0.39 is 0 Å². The first kappa shape index (κ1) is 12.8. The Balaban J connectivity index is 1.83. The Bertz CT molecular complexity index is 565. The lowest BCUT2D eigenvalue weighted by molar-refractivity contribution is 0.134. The molecule has 100 valence electrons. The fraction of sp³-hybridized carbons (Fsp3) is 0.400. The van der Waals surface area contributed by atoms with Crippen molar-refractivity contribution < 1.29 is 4.74 Å². The van der Waals surface area contributed by atoms with E-state index in [0.717, 1.165) is 36.8 Å². The van der Waals surface area contributed by atoms with Crippen LogP contribution in [-0.2, 0) is 24.3 Å². The summed E-state index contributed by atoms with van der Waals surface area (Å²) in [6.07, 6.45) is 1.11. The van der Waals surface area contributed by atoms with Gasteiger partial charge in [-0.25, -0.2) is 4.98 Å². The van der Waals surface area contributed by atoms with E-state index in [1.54, 1.807) is 11.3 Å². The molecule has 0 fully saturated rings. The summed E-state index contributed by atoms with van der Waals surface area (Å²) >= 11 is 1.67. The van der Waals surface area contributed by atoms with Gasteiger partial charge in [0.2, 0.25) is 0 Å². The summed E-state index contributed by atoms with van der Waals surface area (Å²) in [6, 6.07) is 6.68. The van der Waals surface area contributed by atoms with Crippen LogP contribution in [0.1, 0.15) is 23.1 Å². The van der Waals surface area contributed by atoms with Gasteiger partial charge in [-0.2, -0.15) is 0 Å². The molecule has 3 nitrogen and oxygen atoms in total. The molecule has 4 heteroatoms. The van der Waals surface area contributed by atoms with Crippen molar-refractivity contribution in [2.24, 2.45) is 0 Å². The zero-order chi connectivity index (χ0) is 13.1. The van der Waals surface area contributed by atoms with Gasteiger partial charge < -0.3 is 10.1 Å². The highest BCUT2D eigenvalue weighted by atomic mass is 32.1. The van der Waals surface area contributed by atoms with Crippen LogP contribution in [0.3, 0.4) is 0 Å². The summed E-state index contributed by atoms with van der Waals surface area (Å²) in [5, 5.41) is 6.57. The van der Waals surface area contributed by atoms with Crippen molar-refractivity contribution >= 4 is 11.3 Å². The van der Waals surface area contributed by atoms with Crippen molar-refractivity contribution in [3.05, 3.63) is 39.7 Å². The first-order valence-corrected chi connectivity index (χ1v) is 7.60. The fourth-order valence-electron chi connectivity index (χ4n) is 2.34. The smallest absolute Gasteiger partial charge is 0.119 e. The molecule has 0 atom stereocenters. The molecule has 2 heterocycles. The predicted molar refractivity (Wildman–Crippen MR) is 78.3 cm³/mol. The maximum Gasteiger partial charge on any atom is 0.119 e. The number of benzene rings is 1. The average molecular weight is 274 g/mol. The zero-order valence-corrected chi connectivity index (χ0v) is 11.9. The minimum atomic E-state index is 0.621. The van der Waals surface area contributed by atoms with Crippen LogP contribution in [0, 0.1) is 0 Å². The lowest BCUT2D eigenvalue weighted by Gasteiger charge is -2.17. The Hall–Kier alpha value is -1.23. The van der Waals surface area contributed by atoms with E-state index in [4.69, 9.17) is 4.74 Å². The number of hydrogen-bond acceptors (Lipinski definition) is 4. The Morgan fingerprint density at radius 3 is 3.21 bits per heavy atom. The number of nitrogens with one attached hydrogen (secondary N) is 1. The van der Waals surface area contributed by atoms with Gasteiger partial charge in [-0.05, 0) is 37.1 Å². The number of ether oxygens (including phenoxy) is 1. The summed E-state index contributed by atoms with van der Waals surface area (Å²) in [5.74, 6) is 0. The van der Waals surface area contributed by atoms with Crippen LogP contribution in [-0.4, -0.2) is 18.1 Å². The highest BCUT2D eigenvalue weighted by Gasteiger charge is 2.11. The van der Waals surface area contributed by atoms with Gasteiger partial charge in [-0.1, -0.05) is 12.1 Å². The number of nitrogens with zero attached hydrogens (tertiary/aromatic N) is 1. The molecular weight excluding hydrogens is 256 g/mol. The van der Waals surface area contributed by atoms with Crippen molar-refractivity contribution in [3.63, 3.8) is 0 Å². The van der Waals surface area contributed by atoms with E-state index in [1.165, 1.54) is 16.7 Å². The molecule has 0 aliphatic carbocycles. The number of rotatable bonds is 4. The Morgan fingerprint density at radius 1 is 1.37 bits per heavy atom. The minimum absolute atomic E-state index is 0.621. The number of fused-ring (bicyclic) bond motifs is 1. The molecule has 0 bridgehead atoms. The molecule has 2 aromatic rings. The maximum atomic E-state index is 5.40. The SMILES string of the molecule is CCOCc1nc(-c2ccc3c(c2)CCNC3)cs1. The molecule has 1 N–H and O–H groups in total. The highest BCUT2D eigenvalue weighted by Crippen LogP contribution is 2.26. The van der Waals surface area contributed by atoms with Crippen LogP contribution in [0.5, 0.6) is 0 Å². The lowest BCUT2D eigenvalue weighted by Crippen LogP contribution is -2.23. The number of thiazole rings is 1. The third-order valence-electron chi connectivity index (χ3n) is 3.37. The molecular formula is C15H18N2OS. The van der Waals surface area contributed by atoms with E-state index in [0.29, 0.717) is 6.61 Å². The van der Waals surface area contributed by atoms with Gasteiger partial charge >= 0.3 is 0 Å². The second-order valence-electron chi connectivity index (χ2n) is 4.67. The van der Waals surface area contributed by atoms with E-state index in [9.17, 15) is 0 Å². The summed E-state index contributed by atoms with van der Waals surface area (Å²) in [7, 11) is 0. The van der Waals surface area contributed by atoms with Crippen LogP contribution in [0.4, 0.5) is 0 Å². The lowest BCUT2D eigenvalue weighted by atomic mass is 9.98. The van der Waals surface area contributed by atoms with Gasteiger partial charge in [0.05, 0.1) is 12.3 Å². The number of aromatic nitrogens is 1. The Kier molecular flexibility index (Phi) is 3.92. The highest BCUT2D eigenvalue weighted by molar-refractivity contribution is 7.09. The van der Waals surface area contributed by atoms with Gasteiger partial charge in [0.25, 0.3) is 0 Å². The van der Waals surface area contributed by atoms with Gasteiger partial charge in [-0.3, -0.25) is 0 Å². The summed E-state index contributed by atoms with van der Waals surface area (Å²) in [5.41, 5.74) is 5.16. The third-order valence-corrected chi connectivity index (χ3v) is 4.19. The predicted octanol–water partition coefficient (Wildman–Crippen LogP) is 2.99. The topological polar surface area (TPSA) is 34.1 Å². The zero-order valence-electron chi connectivity index (χ0n) is 11.1. The molecule has 1 aliphatic heterocycles. The first-order valence-electron chi connectivity index (χ1n) is 6.72. The quantitative estimate of drug-likeness (QED) is 0.930.